The van der Waals surface area contributed by atoms with Crippen molar-refractivity contribution in [1.82, 2.24) is 0 Å². The van der Waals surface area contributed by atoms with E-state index in [-0.39, 0.29) is 0 Å². The van der Waals surface area contributed by atoms with E-state index in [9.17, 15) is 8.42 Å². The van der Waals surface area contributed by atoms with Gasteiger partial charge in [0.15, 0.2) is 0 Å². The second-order valence-corrected chi connectivity index (χ2v) is 4.49. The molecule has 0 aliphatic carbocycles. The van der Waals surface area contributed by atoms with Gasteiger partial charge in [-0.15, -0.1) is 0 Å². The average molecular weight is 216 g/mol. The van der Waals surface area contributed by atoms with E-state index < -0.39 is 10.1 Å². The van der Waals surface area contributed by atoms with Gasteiger partial charge < -0.3 is 8.92 Å². The lowest BCUT2D eigenvalue weighted by Crippen LogP contribution is -2.06. The van der Waals surface area contributed by atoms with Gasteiger partial charge in [-0.3, -0.25) is 0 Å². The number of hydrogen-bond donors (Lipinski definition) is 0. The number of benzene rings is 1. The van der Waals surface area contributed by atoms with Crippen molar-refractivity contribution in [1.29, 1.82) is 0 Å². The van der Waals surface area contributed by atoms with Crippen LogP contribution in [0.15, 0.2) is 18.2 Å². The first-order chi connectivity index (χ1) is 6.42. The summed E-state index contributed by atoms with van der Waals surface area (Å²) in [6.07, 6.45) is 1.01. The van der Waals surface area contributed by atoms with Crippen molar-refractivity contribution in [2.45, 2.75) is 6.92 Å². The molecule has 78 valence electrons. The molecule has 0 unspecified atom stereocenters. The predicted octanol–water partition coefficient (Wildman–Crippen LogP) is 1.34. The number of rotatable bonds is 3. The molecule has 5 heteroatoms. The van der Waals surface area contributed by atoms with E-state index in [4.69, 9.17) is 8.92 Å². The molecule has 14 heavy (non-hydrogen) atoms. The van der Waals surface area contributed by atoms with Crippen molar-refractivity contribution in [2.75, 3.05) is 13.4 Å². The largest absolute Gasteiger partial charge is 0.497 e. The molecular formula is C9H12O4S. The molecule has 1 rings (SSSR count). The molecule has 0 spiro atoms. The molecule has 1 aromatic rings. The maximum Gasteiger partial charge on any atom is 0.306 e. The van der Waals surface area contributed by atoms with Gasteiger partial charge in [0.05, 0.1) is 13.4 Å². The zero-order chi connectivity index (χ0) is 10.8. The van der Waals surface area contributed by atoms with Crippen molar-refractivity contribution < 1.29 is 17.3 Å². The minimum atomic E-state index is -3.46. The second kappa shape index (κ2) is 3.88. The Hall–Kier alpha value is -1.23. The highest BCUT2D eigenvalue weighted by Gasteiger charge is 2.07. The van der Waals surface area contributed by atoms with E-state index in [0.29, 0.717) is 11.5 Å². The lowest BCUT2D eigenvalue weighted by Gasteiger charge is -2.07. The van der Waals surface area contributed by atoms with Crippen LogP contribution in [0.25, 0.3) is 0 Å². The maximum atomic E-state index is 10.9. The smallest absolute Gasteiger partial charge is 0.306 e. The third-order valence-electron chi connectivity index (χ3n) is 1.62. The summed E-state index contributed by atoms with van der Waals surface area (Å²) in [5.74, 6) is 0.997. The van der Waals surface area contributed by atoms with Crippen LogP contribution in [0.5, 0.6) is 11.5 Å². The number of methoxy groups -OCH3 is 1. The fourth-order valence-corrected chi connectivity index (χ4v) is 1.52. The van der Waals surface area contributed by atoms with Crippen LogP contribution in [0, 0.1) is 6.92 Å². The Kier molecular flexibility index (Phi) is 3.00. The minimum Gasteiger partial charge on any atom is -0.497 e. The summed E-state index contributed by atoms with van der Waals surface area (Å²) in [6, 6.07) is 4.92. The van der Waals surface area contributed by atoms with Crippen LogP contribution in [0.2, 0.25) is 0 Å². The van der Waals surface area contributed by atoms with Gasteiger partial charge >= 0.3 is 10.1 Å². The minimum absolute atomic E-state index is 0.327. The molecule has 0 N–H and O–H groups in total. The van der Waals surface area contributed by atoms with Crippen molar-refractivity contribution >= 4 is 10.1 Å². The van der Waals surface area contributed by atoms with Crippen LogP contribution < -0.4 is 8.92 Å². The molecule has 0 aliphatic heterocycles. The summed E-state index contributed by atoms with van der Waals surface area (Å²) in [7, 11) is -1.91. The topological polar surface area (TPSA) is 52.6 Å². The van der Waals surface area contributed by atoms with Gasteiger partial charge in [0.25, 0.3) is 0 Å². The van der Waals surface area contributed by atoms with Gasteiger partial charge in [-0.25, -0.2) is 0 Å². The van der Waals surface area contributed by atoms with Gasteiger partial charge in [-0.2, -0.15) is 8.42 Å². The summed E-state index contributed by atoms with van der Waals surface area (Å²) in [5.41, 5.74) is 0.717. The standard InChI is InChI=1S/C9H12O4S/c1-7-6-8(12-2)4-5-9(7)13-14(3,10)11/h4-6H,1-3H3. The molecule has 0 atom stereocenters. The van der Waals surface area contributed by atoms with Crippen LogP contribution in [-0.2, 0) is 10.1 Å². The van der Waals surface area contributed by atoms with Gasteiger partial charge in [0.1, 0.15) is 11.5 Å². The van der Waals surface area contributed by atoms with E-state index in [2.05, 4.69) is 0 Å². The Labute approximate surface area is 83.6 Å². The second-order valence-electron chi connectivity index (χ2n) is 2.92. The van der Waals surface area contributed by atoms with Gasteiger partial charge in [-0.05, 0) is 30.7 Å². The number of aryl methyl sites for hydroxylation is 1. The molecule has 0 amide bonds. The first-order valence-electron chi connectivity index (χ1n) is 3.96. The molecule has 0 radical (unpaired) electrons. The molecule has 0 heterocycles. The lowest BCUT2D eigenvalue weighted by atomic mass is 10.2. The highest BCUT2D eigenvalue weighted by Crippen LogP contribution is 2.23. The van der Waals surface area contributed by atoms with Crippen LogP contribution in [0.3, 0.4) is 0 Å². The average Bonchev–Trinajstić information content (AvgIpc) is 2.06. The first-order valence-corrected chi connectivity index (χ1v) is 5.78. The quantitative estimate of drug-likeness (QED) is 0.715. The van der Waals surface area contributed by atoms with E-state index in [1.807, 2.05) is 0 Å². The Morgan fingerprint density at radius 2 is 1.93 bits per heavy atom. The fraction of sp³-hybridized carbons (Fsp3) is 0.333. The molecule has 0 fully saturated rings. The summed E-state index contributed by atoms with van der Waals surface area (Å²) in [5, 5.41) is 0. The van der Waals surface area contributed by atoms with Crippen molar-refractivity contribution in [3.8, 4) is 11.5 Å². The Morgan fingerprint density at radius 3 is 2.36 bits per heavy atom. The molecule has 0 bridgehead atoms. The highest BCUT2D eigenvalue weighted by atomic mass is 32.2. The third kappa shape index (κ3) is 2.92. The molecular weight excluding hydrogens is 204 g/mol. The normalized spacial score (nSPS) is 11.1. The summed E-state index contributed by atoms with van der Waals surface area (Å²) < 4.78 is 31.4. The van der Waals surface area contributed by atoms with Gasteiger partial charge in [0, 0.05) is 0 Å². The molecule has 0 saturated carbocycles. The van der Waals surface area contributed by atoms with Crippen LogP contribution in [-0.4, -0.2) is 21.8 Å². The number of ether oxygens (including phenoxy) is 1. The number of hydrogen-bond acceptors (Lipinski definition) is 4. The summed E-state index contributed by atoms with van der Waals surface area (Å²) in [6.45, 7) is 1.75. The zero-order valence-corrected chi connectivity index (χ0v) is 9.09. The summed E-state index contributed by atoms with van der Waals surface area (Å²) in [4.78, 5) is 0. The van der Waals surface area contributed by atoms with Crippen LogP contribution in [0.4, 0.5) is 0 Å². The SMILES string of the molecule is COc1ccc(OS(C)(=O)=O)c(C)c1. The van der Waals surface area contributed by atoms with Crippen molar-refractivity contribution in [2.24, 2.45) is 0 Å². The molecule has 4 nitrogen and oxygen atoms in total. The highest BCUT2D eigenvalue weighted by molar-refractivity contribution is 7.86. The lowest BCUT2D eigenvalue weighted by molar-refractivity contribution is 0.413. The fourth-order valence-electron chi connectivity index (χ4n) is 1.01. The van der Waals surface area contributed by atoms with E-state index in [1.165, 1.54) is 0 Å². The first kappa shape index (κ1) is 10.8. The maximum absolute atomic E-state index is 10.9. The Balaban J connectivity index is 3.01. The van der Waals surface area contributed by atoms with E-state index in [1.54, 1.807) is 32.2 Å². The Morgan fingerprint density at radius 1 is 1.29 bits per heavy atom. The summed E-state index contributed by atoms with van der Waals surface area (Å²) >= 11 is 0. The predicted molar refractivity (Wildman–Crippen MR) is 53.2 cm³/mol. The van der Waals surface area contributed by atoms with E-state index in [0.717, 1.165) is 11.8 Å². The van der Waals surface area contributed by atoms with Gasteiger partial charge in [-0.1, -0.05) is 0 Å². The molecule has 0 saturated heterocycles. The Bertz CT molecular complexity index is 422. The van der Waals surface area contributed by atoms with Gasteiger partial charge in [0.2, 0.25) is 0 Å². The molecule has 0 aliphatic rings. The monoisotopic (exact) mass is 216 g/mol. The zero-order valence-electron chi connectivity index (χ0n) is 8.27. The van der Waals surface area contributed by atoms with E-state index >= 15 is 0 Å². The molecule has 0 aromatic heterocycles. The van der Waals surface area contributed by atoms with Crippen molar-refractivity contribution in [3.63, 3.8) is 0 Å². The molecule has 1 aromatic carbocycles. The van der Waals surface area contributed by atoms with Crippen LogP contribution in [0.1, 0.15) is 5.56 Å². The van der Waals surface area contributed by atoms with Crippen molar-refractivity contribution in [3.05, 3.63) is 23.8 Å². The van der Waals surface area contributed by atoms with Crippen LogP contribution >= 0.6 is 0 Å². The third-order valence-corrected chi connectivity index (χ3v) is 2.11.